The highest BCUT2D eigenvalue weighted by Crippen LogP contribution is 2.22. The molecule has 0 heterocycles. The van der Waals surface area contributed by atoms with Gasteiger partial charge in [0.15, 0.2) is 0 Å². The van der Waals surface area contributed by atoms with E-state index in [1.165, 1.54) is 5.56 Å². The SMILES string of the molecule is Cc1cc(C)c(NC(=O)CCc2ccc(S(=O)(=O)N[C@@H](C)c3ccccc3)cc2)c(C)c1. The Bertz CT molecular complexity index is 1160. The molecule has 168 valence electrons. The fourth-order valence-corrected chi connectivity index (χ4v) is 5.01. The Morgan fingerprint density at radius 2 is 1.50 bits per heavy atom. The van der Waals surface area contributed by atoms with E-state index in [4.69, 9.17) is 0 Å². The van der Waals surface area contributed by atoms with Gasteiger partial charge < -0.3 is 5.32 Å². The molecule has 3 aromatic rings. The minimum absolute atomic E-state index is 0.0601. The third-order valence-electron chi connectivity index (χ3n) is 5.45. The Labute approximate surface area is 190 Å². The van der Waals surface area contributed by atoms with Crippen LogP contribution in [0.1, 0.15) is 47.2 Å². The van der Waals surface area contributed by atoms with Crippen molar-refractivity contribution in [3.8, 4) is 0 Å². The molecule has 0 fully saturated rings. The van der Waals surface area contributed by atoms with Gasteiger partial charge in [-0.2, -0.15) is 0 Å². The standard InChI is InChI=1S/C26H30N2O3S/c1-18-16-19(2)26(20(3)17-18)27-25(29)15-12-22-10-13-24(14-11-22)32(30,31)28-21(4)23-8-6-5-7-9-23/h5-11,13-14,16-17,21,28H,12,15H2,1-4H3,(H,27,29)/t21-/m0/s1. The number of amides is 1. The molecule has 2 N–H and O–H groups in total. The van der Waals surface area contributed by atoms with Crippen LogP contribution in [0.2, 0.25) is 0 Å². The van der Waals surface area contributed by atoms with Gasteiger partial charge in [-0.25, -0.2) is 13.1 Å². The van der Waals surface area contributed by atoms with E-state index in [1.807, 2.05) is 58.0 Å². The van der Waals surface area contributed by atoms with E-state index < -0.39 is 10.0 Å². The molecule has 3 rings (SSSR count). The highest BCUT2D eigenvalue weighted by molar-refractivity contribution is 7.89. The van der Waals surface area contributed by atoms with Crippen LogP contribution in [0.15, 0.2) is 71.6 Å². The first kappa shape index (κ1) is 23.7. The highest BCUT2D eigenvalue weighted by atomic mass is 32.2. The van der Waals surface area contributed by atoms with Crippen LogP contribution in [0.25, 0.3) is 0 Å². The number of carbonyl (C=O) groups is 1. The van der Waals surface area contributed by atoms with Gasteiger partial charge in [-0.3, -0.25) is 4.79 Å². The Kier molecular flexibility index (Phi) is 7.48. The summed E-state index contributed by atoms with van der Waals surface area (Å²) in [6, 6.07) is 19.9. The van der Waals surface area contributed by atoms with Crippen molar-refractivity contribution in [2.45, 2.75) is 51.5 Å². The fraction of sp³-hybridized carbons (Fsp3) is 0.269. The van der Waals surface area contributed by atoms with E-state index in [0.717, 1.165) is 27.9 Å². The maximum atomic E-state index is 12.7. The molecule has 0 saturated heterocycles. The van der Waals surface area contributed by atoms with Crippen LogP contribution < -0.4 is 10.0 Å². The van der Waals surface area contributed by atoms with Crippen LogP contribution in [-0.2, 0) is 21.2 Å². The second-order valence-corrected chi connectivity index (χ2v) is 9.93. The van der Waals surface area contributed by atoms with Crippen LogP contribution in [0.5, 0.6) is 0 Å². The summed E-state index contributed by atoms with van der Waals surface area (Å²) >= 11 is 0. The Morgan fingerprint density at radius 1 is 0.906 bits per heavy atom. The van der Waals surface area contributed by atoms with Crippen LogP contribution in [0.4, 0.5) is 5.69 Å². The number of rotatable bonds is 8. The molecule has 0 spiro atoms. The normalized spacial score (nSPS) is 12.4. The summed E-state index contributed by atoms with van der Waals surface area (Å²) < 4.78 is 28.1. The third kappa shape index (κ3) is 6.05. The molecule has 32 heavy (non-hydrogen) atoms. The first-order chi connectivity index (χ1) is 15.2. The van der Waals surface area contributed by atoms with Crippen LogP contribution in [0, 0.1) is 20.8 Å². The summed E-state index contributed by atoms with van der Waals surface area (Å²) in [6.45, 7) is 7.83. The third-order valence-corrected chi connectivity index (χ3v) is 7.00. The van der Waals surface area contributed by atoms with E-state index in [2.05, 4.69) is 22.2 Å². The number of benzene rings is 3. The summed E-state index contributed by atoms with van der Waals surface area (Å²) in [5, 5.41) is 3.00. The predicted octanol–water partition coefficient (Wildman–Crippen LogP) is 5.22. The smallest absolute Gasteiger partial charge is 0.241 e. The number of anilines is 1. The molecule has 0 aliphatic carbocycles. The van der Waals surface area contributed by atoms with Crippen LogP contribution in [-0.4, -0.2) is 14.3 Å². The number of carbonyl (C=O) groups excluding carboxylic acids is 1. The average molecular weight is 451 g/mol. The lowest BCUT2D eigenvalue weighted by Gasteiger charge is -2.15. The molecule has 0 aliphatic heterocycles. The number of hydrogen-bond acceptors (Lipinski definition) is 3. The molecule has 1 amide bonds. The molecule has 0 bridgehead atoms. The first-order valence-corrected chi connectivity index (χ1v) is 12.2. The topological polar surface area (TPSA) is 75.3 Å². The number of aryl methyl sites for hydroxylation is 4. The van der Waals surface area contributed by atoms with E-state index >= 15 is 0 Å². The van der Waals surface area contributed by atoms with Crippen molar-refractivity contribution in [1.29, 1.82) is 0 Å². The van der Waals surface area contributed by atoms with Gasteiger partial charge >= 0.3 is 0 Å². The monoisotopic (exact) mass is 450 g/mol. The average Bonchev–Trinajstić information content (AvgIpc) is 2.75. The minimum atomic E-state index is -3.64. The molecular formula is C26H30N2O3S. The molecule has 0 radical (unpaired) electrons. The molecule has 5 nitrogen and oxygen atoms in total. The van der Waals surface area contributed by atoms with E-state index in [-0.39, 0.29) is 16.8 Å². The van der Waals surface area contributed by atoms with E-state index in [0.29, 0.717) is 12.8 Å². The number of sulfonamides is 1. The van der Waals surface area contributed by atoms with Gasteiger partial charge in [0, 0.05) is 18.2 Å². The Morgan fingerprint density at radius 3 is 2.09 bits per heavy atom. The van der Waals surface area contributed by atoms with E-state index in [9.17, 15) is 13.2 Å². The van der Waals surface area contributed by atoms with Crippen LogP contribution in [0.3, 0.4) is 0 Å². The van der Waals surface area contributed by atoms with E-state index in [1.54, 1.807) is 24.3 Å². The van der Waals surface area contributed by atoms with Gasteiger partial charge in [0.2, 0.25) is 15.9 Å². The fourth-order valence-electron chi connectivity index (χ4n) is 3.78. The molecule has 0 aromatic heterocycles. The summed E-state index contributed by atoms with van der Waals surface area (Å²) in [4.78, 5) is 12.6. The van der Waals surface area contributed by atoms with Gasteiger partial charge in [-0.15, -0.1) is 0 Å². The quantitative estimate of drug-likeness (QED) is 0.494. The summed E-state index contributed by atoms with van der Waals surface area (Å²) in [5.41, 5.74) is 5.93. The molecule has 0 saturated carbocycles. The zero-order chi connectivity index (χ0) is 23.3. The zero-order valence-corrected chi connectivity index (χ0v) is 19.8. The molecular weight excluding hydrogens is 420 g/mol. The second kappa shape index (κ2) is 10.1. The Balaban J connectivity index is 1.59. The minimum Gasteiger partial charge on any atom is -0.326 e. The molecule has 0 aliphatic rings. The van der Waals surface area contributed by atoms with Gasteiger partial charge in [0.1, 0.15) is 0 Å². The van der Waals surface area contributed by atoms with Crippen molar-refractivity contribution < 1.29 is 13.2 Å². The lowest BCUT2D eigenvalue weighted by Crippen LogP contribution is -2.26. The van der Waals surface area contributed by atoms with Gasteiger partial charge in [0.05, 0.1) is 4.90 Å². The molecule has 6 heteroatoms. The molecule has 1 atom stereocenters. The summed E-state index contributed by atoms with van der Waals surface area (Å²) in [6.07, 6.45) is 0.853. The van der Waals surface area contributed by atoms with Crippen molar-refractivity contribution in [1.82, 2.24) is 4.72 Å². The largest absolute Gasteiger partial charge is 0.326 e. The summed E-state index contributed by atoms with van der Waals surface area (Å²) in [7, 11) is -3.64. The van der Waals surface area contributed by atoms with Gasteiger partial charge in [0.25, 0.3) is 0 Å². The zero-order valence-electron chi connectivity index (χ0n) is 19.0. The van der Waals surface area contributed by atoms with Crippen molar-refractivity contribution in [2.24, 2.45) is 0 Å². The second-order valence-electron chi connectivity index (χ2n) is 8.22. The maximum Gasteiger partial charge on any atom is 0.241 e. The Hall–Kier alpha value is -2.96. The lowest BCUT2D eigenvalue weighted by molar-refractivity contribution is -0.116. The molecule has 0 unspecified atom stereocenters. The number of nitrogens with one attached hydrogen (secondary N) is 2. The predicted molar refractivity (Wildman–Crippen MR) is 129 cm³/mol. The van der Waals surface area contributed by atoms with Crippen molar-refractivity contribution in [3.05, 3.63) is 94.5 Å². The van der Waals surface area contributed by atoms with Crippen molar-refractivity contribution >= 4 is 21.6 Å². The molecule has 3 aromatic carbocycles. The van der Waals surface area contributed by atoms with Gasteiger partial charge in [-0.1, -0.05) is 60.2 Å². The van der Waals surface area contributed by atoms with Crippen LogP contribution >= 0.6 is 0 Å². The maximum absolute atomic E-state index is 12.7. The summed E-state index contributed by atoms with van der Waals surface area (Å²) in [5.74, 6) is -0.0601. The highest BCUT2D eigenvalue weighted by Gasteiger charge is 2.18. The van der Waals surface area contributed by atoms with Gasteiger partial charge in [-0.05, 0) is 68.5 Å². The lowest BCUT2D eigenvalue weighted by atomic mass is 10.0. The first-order valence-electron chi connectivity index (χ1n) is 10.7. The van der Waals surface area contributed by atoms with Crippen molar-refractivity contribution in [3.63, 3.8) is 0 Å². The number of hydrogen-bond donors (Lipinski definition) is 2. The van der Waals surface area contributed by atoms with Crippen molar-refractivity contribution in [2.75, 3.05) is 5.32 Å².